The molecule has 506 valence electrons. The Balaban J connectivity index is 0.812. The number of carbonyl (C=O) groups is 12. The monoisotopic (exact) mass is 1350 g/mol. The molecule has 0 radical (unpaired) electrons. The first-order chi connectivity index (χ1) is 47.5. The van der Waals surface area contributed by atoms with Gasteiger partial charge in [-0.3, -0.25) is 43.2 Å². The number of hydrogen-bond acceptors (Lipinski definition) is 19. The van der Waals surface area contributed by atoms with Gasteiger partial charge in [0.25, 0.3) is 23.6 Å². The third-order valence-electron chi connectivity index (χ3n) is 15.8. The molecule has 8 aromatic rings. The number of ether oxygens (including phenoxy) is 4. The summed E-state index contributed by atoms with van der Waals surface area (Å²) in [4.78, 5) is 157. The zero-order valence-corrected chi connectivity index (χ0v) is 52.6. The van der Waals surface area contributed by atoms with Gasteiger partial charge in [-0.25, -0.2) is 14.4 Å². The van der Waals surface area contributed by atoms with Gasteiger partial charge in [0.05, 0.1) is 57.9 Å². The predicted octanol–water partition coefficient (Wildman–Crippen LogP) is 9.06. The van der Waals surface area contributed by atoms with E-state index in [2.05, 4.69) is 37.2 Å². The van der Waals surface area contributed by atoms with Crippen molar-refractivity contribution in [2.45, 2.75) is 12.8 Å². The number of carbonyl (C=O) groups excluding carboxylic acids is 9. The summed E-state index contributed by atoms with van der Waals surface area (Å²) >= 11 is 0. The van der Waals surface area contributed by atoms with E-state index in [-0.39, 0.29) is 58.6 Å². The van der Waals surface area contributed by atoms with E-state index in [1.54, 1.807) is 43.4 Å². The van der Waals surface area contributed by atoms with Crippen molar-refractivity contribution in [2.24, 2.45) is 23.7 Å². The number of rotatable bonds is 26. The van der Waals surface area contributed by atoms with E-state index in [0.717, 1.165) is 31.0 Å². The van der Waals surface area contributed by atoms with Gasteiger partial charge in [-0.1, -0.05) is 0 Å². The third kappa shape index (κ3) is 17.1. The van der Waals surface area contributed by atoms with Crippen molar-refractivity contribution in [1.29, 1.82) is 0 Å². The van der Waals surface area contributed by atoms with Crippen molar-refractivity contribution in [1.82, 2.24) is 5.32 Å². The number of aromatic carboxylic acids is 3. The number of nitrogens with one attached hydrogen (secondary N) is 7. The van der Waals surface area contributed by atoms with Crippen molar-refractivity contribution in [3.8, 4) is 34.5 Å². The molecule has 0 bridgehead atoms. The molecule has 9 rings (SSSR count). The first kappa shape index (κ1) is 70.2. The largest absolute Gasteiger partial charge is 0.478 e. The smallest absolute Gasteiger partial charge is 0.336 e. The van der Waals surface area contributed by atoms with Crippen LogP contribution in [-0.2, 0) is 23.9 Å². The van der Waals surface area contributed by atoms with Crippen molar-refractivity contribution < 1.29 is 102 Å². The second kappa shape index (κ2) is 31.4. The maximum absolute atomic E-state index is 14.1. The minimum atomic E-state index is -1.64. The molecule has 0 heterocycles. The zero-order chi connectivity index (χ0) is 71.2. The molecule has 0 saturated heterocycles. The average molecular weight is 1350 g/mol. The molecule has 8 aromatic carbocycles. The van der Waals surface area contributed by atoms with Crippen LogP contribution in [0.1, 0.15) is 95.7 Å². The molecule has 4 atom stereocenters. The maximum Gasteiger partial charge on any atom is 0.336 e. The van der Waals surface area contributed by atoms with Gasteiger partial charge < -0.3 is 81.7 Å². The summed E-state index contributed by atoms with van der Waals surface area (Å²) in [7, 11) is 4.16. The molecular weight excluding hydrogens is 1290 g/mol. The topological polar surface area (TPSA) is 427 Å². The van der Waals surface area contributed by atoms with Crippen LogP contribution in [0.3, 0.4) is 0 Å². The molecule has 1 aliphatic carbocycles. The van der Waals surface area contributed by atoms with Crippen LogP contribution in [0.5, 0.6) is 34.5 Å². The first-order valence-corrected chi connectivity index (χ1v) is 30.0. The Hall–Kier alpha value is -13.1. The minimum absolute atomic E-state index is 0.126. The molecule has 6 amide bonds. The van der Waals surface area contributed by atoms with Crippen LogP contribution in [0.2, 0.25) is 0 Å². The number of Topliss-reactive ketones (excluding diaryl/α,β-unsaturated/α-hetero) is 2. The molecule has 1 saturated carbocycles. The van der Waals surface area contributed by atoms with Crippen molar-refractivity contribution in [3.05, 3.63) is 214 Å². The Morgan fingerprint density at radius 1 is 0.354 bits per heavy atom. The molecule has 99 heavy (non-hydrogen) atoms. The van der Waals surface area contributed by atoms with Gasteiger partial charge in [0.2, 0.25) is 11.8 Å². The van der Waals surface area contributed by atoms with Gasteiger partial charge in [0, 0.05) is 65.6 Å². The highest BCUT2D eigenvalue weighted by atomic mass is 16.5. The Morgan fingerprint density at radius 3 is 0.939 bits per heavy atom. The summed E-state index contributed by atoms with van der Waals surface area (Å²) in [6.07, 6.45) is -0.516. The Kier molecular flexibility index (Phi) is 22.3. The van der Waals surface area contributed by atoms with Gasteiger partial charge in [-0.05, 0) is 183 Å². The molecule has 0 spiro atoms. The summed E-state index contributed by atoms with van der Waals surface area (Å²) in [6.45, 7) is -2.03. The van der Waals surface area contributed by atoms with Gasteiger partial charge in [0.1, 0.15) is 47.7 Å². The highest BCUT2D eigenvalue weighted by Crippen LogP contribution is 2.41. The lowest BCUT2D eigenvalue weighted by Gasteiger charge is -2.38. The SMILES string of the molecule is CNC(=O)c1cc(C(=O)Nc2ccc(Oc3ccc(NC(=O)c4cc(C(=O)Nc5ccc(Oc6ccc(NC(=O)C7CC(C(=O)Nc8ccc(Oc9ccc(NC)cc9)cc8)C(C(=O)CO)CC7C(=O)OC)cc6)cc5)c(C(=O)CO)cc4C(=O)O)cc3)cc2)c(C(=O)O)cc1C(=O)O. The number of aliphatic hydroxyl groups is 2. The second-order valence-electron chi connectivity index (χ2n) is 22.1. The quantitative estimate of drug-likeness (QED) is 0.0177. The number of anilines is 6. The van der Waals surface area contributed by atoms with Crippen molar-refractivity contribution in [2.75, 3.05) is 66.3 Å². The first-order valence-electron chi connectivity index (χ1n) is 30.0. The average Bonchev–Trinajstić information content (AvgIpc) is 0.797. The van der Waals surface area contributed by atoms with Gasteiger partial charge in [-0.15, -0.1) is 0 Å². The summed E-state index contributed by atoms with van der Waals surface area (Å²) in [5.74, 6) is -14.9. The van der Waals surface area contributed by atoms with Crippen molar-refractivity contribution >= 4 is 105 Å². The molecule has 28 nitrogen and oxygen atoms in total. The molecule has 0 aliphatic heterocycles. The van der Waals surface area contributed by atoms with Crippen LogP contribution in [-0.4, -0.2) is 131 Å². The molecule has 28 heteroatoms. The lowest BCUT2D eigenvalue weighted by molar-refractivity contribution is -0.156. The highest BCUT2D eigenvalue weighted by molar-refractivity contribution is 6.19. The second-order valence-corrected chi connectivity index (χ2v) is 22.1. The predicted molar refractivity (Wildman–Crippen MR) is 355 cm³/mol. The number of carboxylic acid groups (broad SMARTS) is 3. The number of aliphatic hydroxyl groups excluding tert-OH is 2. The molecule has 0 aromatic heterocycles. The van der Waals surface area contributed by atoms with Crippen LogP contribution in [0.25, 0.3) is 0 Å². The fourth-order valence-corrected chi connectivity index (χ4v) is 10.8. The molecule has 1 aliphatic rings. The van der Waals surface area contributed by atoms with Crippen LogP contribution in [0.15, 0.2) is 170 Å². The van der Waals surface area contributed by atoms with Crippen LogP contribution in [0, 0.1) is 23.7 Å². The minimum Gasteiger partial charge on any atom is -0.478 e. The lowest BCUT2D eigenvalue weighted by Crippen LogP contribution is -2.48. The summed E-state index contributed by atoms with van der Waals surface area (Å²) in [6, 6.07) is 40.3. The Labute approximate surface area is 561 Å². The van der Waals surface area contributed by atoms with Crippen LogP contribution < -0.4 is 51.4 Å². The van der Waals surface area contributed by atoms with Crippen LogP contribution >= 0.6 is 0 Å². The standard InChI is InChI=1S/C71H61N7O21/c1-72-36-4-16-42(17-5-36)97-43-18-6-38(7-19-43)75-64(85)51-31-55(59(71(95)96-3)29-49(51)61(82)35-80)67(88)78-41-14-26-47(27-15-41)98-44-20-8-37(9-21-44)74-63(84)50-30-53(56(68(89)90)28-48(50)60(81)34-79)65(86)76-39-10-22-45(23-11-39)99-46-24-12-40(13-25-46)77-66(87)54-32-52(62(83)73-2)57(69(91)92)33-58(54)70(93)94/h4-28,30,32-33,49,51,55,59,72,79-80H,29,31,34-35H2,1-3H3,(H,73,83)(H,74,84)(H,75,85)(H,76,86)(H,77,87)(H,78,88)(H,89,90)(H,91,92)(H,93,94). The summed E-state index contributed by atoms with van der Waals surface area (Å²) in [5.41, 5.74) is -2.46. The number of methoxy groups -OCH3 is 1. The van der Waals surface area contributed by atoms with E-state index in [1.807, 2.05) is 12.1 Å². The third-order valence-corrected chi connectivity index (χ3v) is 15.8. The molecular formula is C71H61N7O21. The van der Waals surface area contributed by atoms with Gasteiger partial charge in [-0.2, -0.15) is 0 Å². The fraction of sp³-hybridized carbons (Fsp3) is 0.155. The molecule has 12 N–H and O–H groups in total. The highest BCUT2D eigenvalue weighted by Gasteiger charge is 2.49. The normalized spacial score (nSPS) is 14.5. The maximum atomic E-state index is 14.1. The van der Waals surface area contributed by atoms with Crippen molar-refractivity contribution in [3.63, 3.8) is 0 Å². The molecule has 4 unspecified atom stereocenters. The van der Waals surface area contributed by atoms with E-state index in [0.29, 0.717) is 23.3 Å². The summed E-state index contributed by atoms with van der Waals surface area (Å²) < 4.78 is 22.8. The van der Waals surface area contributed by atoms with E-state index >= 15 is 0 Å². The van der Waals surface area contributed by atoms with E-state index in [4.69, 9.17) is 18.9 Å². The van der Waals surface area contributed by atoms with E-state index < -0.39 is 152 Å². The number of carboxylic acids is 3. The zero-order valence-electron chi connectivity index (χ0n) is 52.6. The lowest BCUT2D eigenvalue weighted by atomic mass is 9.66. The number of hydrogen-bond donors (Lipinski definition) is 12. The Morgan fingerprint density at radius 2 is 0.636 bits per heavy atom. The number of esters is 1. The van der Waals surface area contributed by atoms with Gasteiger partial charge >= 0.3 is 23.9 Å². The van der Waals surface area contributed by atoms with E-state index in [9.17, 15) is 83.1 Å². The van der Waals surface area contributed by atoms with Crippen LogP contribution in [0.4, 0.5) is 34.1 Å². The van der Waals surface area contributed by atoms with E-state index in [1.165, 1.54) is 104 Å². The molecule has 1 fully saturated rings. The Bertz CT molecular complexity index is 4470. The fourth-order valence-electron chi connectivity index (χ4n) is 10.8. The number of benzene rings is 8. The summed E-state index contributed by atoms with van der Waals surface area (Å²) in [5, 5.41) is 67.7. The number of ketones is 2. The van der Waals surface area contributed by atoms with Gasteiger partial charge in [0.15, 0.2) is 11.6 Å². The number of amides is 6.